The number of phenolic OH excluding ortho intramolecular Hbond substituents is 1. The van der Waals surface area contributed by atoms with Gasteiger partial charge in [-0.1, -0.05) is 0 Å². The molecule has 0 aliphatic heterocycles. The molecule has 3 N–H and O–H groups in total. The highest BCUT2D eigenvalue weighted by molar-refractivity contribution is 5.78. The largest absolute Gasteiger partial charge is 0.500 e. The zero-order valence-corrected chi connectivity index (χ0v) is 9.75. The molecular formula is C10H12N2O6. The molecule has 0 aromatic heterocycles. The zero-order valence-electron chi connectivity index (χ0n) is 9.75. The van der Waals surface area contributed by atoms with Gasteiger partial charge in [-0.3, -0.25) is 14.9 Å². The summed E-state index contributed by atoms with van der Waals surface area (Å²) in [4.78, 5) is 21.2. The van der Waals surface area contributed by atoms with E-state index in [1.807, 2.05) is 0 Å². The highest BCUT2D eigenvalue weighted by Crippen LogP contribution is 2.38. The van der Waals surface area contributed by atoms with Gasteiger partial charge in [0.05, 0.1) is 19.1 Å². The average molecular weight is 256 g/mol. The van der Waals surface area contributed by atoms with Crippen molar-refractivity contribution in [2.45, 2.75) is 6.04 Å². The fourth-order valence-corrected chi connectivity index (χ4v) is 1.35. The minimum atomic E-state index is -1.19. The van der Waals surface area contributed by atoms with Crippen molar-refractivity contribution in [1.82, 2.24) is 0 Å². The second-order valence-corrected chi connectivity index (χ2v) is 3.35. The van der Waals surface area contributed by atoms with Crippen molar-refractivity contribution in [3.63, 3.8) is 0 Å². The summed E-state index contributed by atoms with van der Waals surface area (Å²) >= 11 is 0. The maximum absolute atomic E-state index is 11.3. The molecule has 0 spiro atoms. The van der Waals surface area contributed by atoms with Gasteiger partial charge < -0.3 is 20.3 Å². The third-order valence-corrected chi connectivity index (χ3v) is 2.31. The van der Waals surface area contributed by atoms with Gasteiger partial charge in [0.15, 0.2) is 5.75 Å². The Labute approximate surface area is 102 Å². The van der Waals surface area contributed by atoms with Gasteiger partial charge in [-0.25, -0.2) is 0 Å². The molecule has 0 aliphatic carbocycles. The van der Waals surface area contributed by atoms with E-state index < -0.39 is 28.4 Å². The molecule has 0 unspecified atom stereocenters. The molecule has 98 valence electrons. The minimum Gasteiger partial charge on any atom is -0.500 e. The molecule has 0 saturated carbocycles. The maximum Gasteiger partial charge on any atom is 0.327 e. The standard InChI is InChI=1S/C10H12N2O6/c1-17-7-4-5(8(11)10(14)18-2)3-6(9(7)13)12(15)16/h3-4,8,13H,11H2,1-2H3/t8-/m1/s1. The van der Waals surface area contributed by atoms with E-state index in [2.05, 4.69) is 4.74 Å². The summed E-state index contributed by atoms with van der Waals surface area (Å²) in [5.41, 5.74) is 5.08. The average Bonchev–Trinajstić information content (AvgIpc) is 2.36. The number of nitrogens with two attached hydrogens (primary N) is 1. The van der Waals surface area contributed by atoms with Gasteiger partial charge in [-0.05, 0) is 11.6 Å². The molecule has 0 radical (unpaired) electrons. The fraction of sp³-hybridized carbons (Fsp3) is 0.300. The molecule has 18 heavy (non-hydrogen) atoms. The summed E-state index contributed by atoms with van der Waals surface area (Å²) in [6, 6.07) is 1.05. The van der Waals surface area contributed by atoms with E-state index in [0.29, 0.717) is 0 Å². The lowest BCUT2D eigenvalue weighted by atomic mass is 10.1. The smallest absolute Gasteiger partial charge is 0.327 e. The Morgan fingerprint density at radius 3 is 2.56 bits per heavy atom. The molecule has 1 rings (SSSR count). The minimum absolute atomic E-state index is 0.114. The third-order valence-electron chi connectivity index (χ3n) is 2.31. The van der Waals surface area contributed by atoms with Crippen LogP contribution in [0.5, 0.6) is 11.5 Å². The Morgan fingerprint density at radius 2 is 2.11 bits per heavy atom. The Hall–Kier alpha value is -2.35. The summed E-state index contributed by atoms with van der Waals surface area (Å²) in [5.74, 6) is -1.51. The van der Waals surface area contributed by atoms with E-state index >= 15 is 0 Å². The summed E-state index contributed by atoms with van der Waals surface area (Å²) in [6.45, 7) is 0. The van der Waals surface area contributed by atoms with Crippen molar-refractivity contribution >= 4 is 11.7 Å². The van der Waals surface area contributed by atoms with E-state index in [1.165, 1.54) is 13.2 Å². The van der Waals surface area contributed by atoms with Crippen LogP contribution in [0.3, 0.4) is 0 Å². The van der Waals surface area contributed by atoms with Gasteiger partial charge in [0.2, 0.25) is 5.75 Å². The molecule has 1 atom stereocenters. The molecule has 1 aromatic rings. The topological polar surface area (TPSA) is 125 Å². The van der Waals surface area contributed by atoms with Crippen LogP contribution in [0.2, 0.25) is 0 Å². The third kappa shape index (κ3) is 2.48. The molecule has 0 saturated heterocycles. The van der Waals surface area contributed by atoms with Crippen molar-refractivity contribution in [3.8, 4) is 11.5 Å². The summed E-state index contributed by atoms with van der Waals surface area (Å²) < 4.78 is 9.21. The van der Waals surface area contributed by atoms with E-state index in [4.69, 9.17) is 10.5 Å². The van der Waals surface area contributed by atoms with Crippen molar-refractivity contribution in [1.29, 1.82) is 0 Å². The quantitative estimate of drug-likeness (QED) is 0.456. The number of rotatable bonds is 4. The van der Waals surface area contributed by atoms with Crippen LogP contribution in [0, 0.1) is 10.1 Å². The predicted molar refractivity (Wildman–Crippen MR) is 60.3 cm³/mol. The molecule has 0 aliphatic rings. The maximum atomic E-state index is 11.3. The number of methoxy groups -OCH3 is 2. The molecule has 0 amide bonds. The van der Waals surface area contributed by atoms with Crippen LogP contribution < -0.4 is 10.5 Å². The van der Waals surface area contributed by atoms with E-state index in [9.17, 15) is 20.0 Å². The van der Waals surface area contributed by atoms with Gasteiger partial charge in [-0.2, -0.15) is 0 Å². The van der Waals surface area contributed by atoms with Gasteiger partial charge in [0.1, 0.15) is 6.04 Å². The number of phenols is 1. The Bertz CT molecular complexity index is 488. The molecular weight excluding hydrogens is 244 g/mol. The first-order valence-corrected chi connectivity index (χ1v) is 4.81. The SMILES string of the molecule is COC(=O)[C@H](N)c1cc(OC)c(O)c([N+](=O)[O-])c1. The monoisotopic (exact) mass is 256 g/mol. The zero-order chi connectivity index (χ0) is 13.9. The number of ether oxygens (including phenoxy) is 2. The number of aromatic hydroxyl groups is 1. The van der Waals surface area contributed by atoms with Gasteiger partial charge in [0.25, 0.3) is 0 Å². The van der Waals surface area contributed by atoms with Gasteiger partial charge in [0, 0.05) is 6.07 Å². The first-order valence-electron chi connectivity index (χ1n) is 4.81. The molecule has 0 fully saturated rings. The number of nitrogens with zero attached hydrogens (tertiary/aromatic N) is 1. The highest BCUT2D eigenvalue weighted by atomic mass is 16.6. The van der Waals surface area contributed by atoms with Gasteiger partial charge in [-0.15, -0.1) is 0 Å². The Morgan fingerprint density at radius 1 is 1.50 bits per heavy atom. The normalized spacial score (nSPS) is 11.7. The number of esters is 1. The van der Waals surface area contributed by atoms with Crippen LogP contribution in [0.25, 0.3) is 0 Å². The second-order valence-electron chi connectivity index (χ2n) is 3.35. The number of carbonyl (C=O) groups excluding carboxylic acids is 1. The van der Waals surface area contributed by atoms with Crippen LogP contribution in [-0.2, 0) is 9.53 Å². The summed E-state index contributed by atoms with van der Waals surface area (Å²) in [5, 5.41) is 20.3. The number of benzene rings is 1. The van der Waals surface area contributed by atoms with Crippen molar-refractivity contribution < 1.29 is 24.3 Å². The molecule has 0 bridgehead atoms. The number of nitro benzene ring substituents is 1. The lowest BCUT2D eigenvalue weighted by Crippen LogP contribution is -2.22. The Kier molecular flexibility index (Phi) is 4.05. The fourth-order valence-electron chi connectivity index (χ4n) is 1.35. The number of hydrogen-bond acceptors (Lipinski definition) is 7. The van der Waals surface area contributed by atoms with Crippen molar-refractivity contribution in [2.75, 3.05) is 14.2 Å². The molecule has 8 nitrogen and oxygen atoms in total. The highest BCUT2D eigenvalue weighted by Gasteiger charge is 2.25. The van der Waals surface area contributed by atoms with E-state index in [1.54, 1.807) is 0 Å². The van der Waals surface area contributed by atoms with Crippen LogP contribution >= 0.6 is 0 Å². The lowest BCUT2D eigenvalue weighted by molar-refractivity contribution is -0.386. The van der Waals surface area contributed by atoms with Crippen LogP contribution in [0.15, 0.2) is 12.1 Å². The van der Waals surface area contributed by atoms with Crippen molar-refractivity contribution in [2.24, 2.45) is 5.73 Å². The van der Waals surface area contributed by atoms with Crippen LogP contribution in [-0.4, -0.2) is 30.2 Å². The summed E-state index contributed by atoms with van der Waals surface area (Å²) in [7, 11) is 2.38. The first kappa shape index (κ1) is 13.7. The van der Waals surface area contributed by atoms with Crippen molar-refractivity contribution in [3.05, 3.63) is 27.8 Å². The molecule has 0 heterocycles. The van der Waals surface area contributed by atoms with Gasteiger partial charge >= 0.3 is 11.7 Å². The van der Waals surface area contributed by atoms with E-state index in [0.717, 1.165) is 13.2 Å². The second kappa shape index (κ2) is 5.32. The molecule has 1 aromatic carbocycles. The number of carbonyl (C=O) groups is 1. The first-order chi connectivity index (χ1) is 8.42. The van der Waals surface area contributed by atoms with Crippen LogP contribution in [0.1, 0.15) is 11.6 Å². The number of nitro groups is 1. The van der Waals surface area contributed by atoms with E-state index in [-0.39, 0.29) is 11.3 Å². The number of hydrogen-bond donors (Lipinski definition) is 2. The summed E-state index contributed by atoms with van der Waals surface area (Å²) in [6.07, 6.45) is 0. The Balaban J connectivity index is 3.34. The van der Waals surface area contributed by atoms with Crippen LogP contribution in [0.4, 0.5) is 5.69 Å². The molecule has 8 heteroatoms. The lowest BCUT2D eigenvalue weighted by Gasteiger charge is -2.12. The predicted octanol–water partition coefficient (Wildman–Crippen LogP) is 0.482.